The van der Waals surface area contributed by atoms with Gasteiger partial charge in [0.05, 0.1) is 13.2 Å². The summed E-state index contributed by atoms with van der Waals surface area (Å²) in [5.74, 6) is 0.683. The van der Waals surface area contributed by atoms with Crippen molar-refractivity contribution >= 4 is 5.91 Å². The van der Waals surface area contributed by atoms with Crippen LogP contribution in [0, 0.1) is 6.92 Å². The molecule has 1 saturated heterocycles. The van der Waals surface area contributed by atoms with Crippen molar-refractivity contribution in [1.82, 2.24) is 5.32 Å². The largest absolute Gasteiger partial charge is 0.496 e. The fraction of sp³-hybridized carbons (Fsp3) is 0.533. The van der Waals surface area contributed by atoms with Crippen molar-refractivity contribution in [1.29, 1.82) is 0 Å². The van der Waals surface area contributed by atoms with Crippen LogP contribution in [0.25, 0.3) is 0 Å². The molecule has 19 heavy (non-hydrogen) atoms. The lowest BCUT2D eigenvalue weighted by Crippen LogP contribution is -2.27. The molecular weight excluding hydrogens is 242 g/mol. The lowest BCUT2D eigenvalue weighted by molar-refractivity contribution is 0.0907. The topological polar surface area (TPSA) is 47.6 Å². The monoisotopic (exact) mass is 263 g/mol. The first-order chi connectivity index (χ1) is 9.20. The summed E-state index contributed by atoms with van der Waals surface area (Å²) in [6.07, 6.45) is 3.43. The van der Waals surface area contributed by atoms with Crippen LogP contribution in [0.15, 0.2) is 18.2 Å². The third-order valence-electron chi connectivity index (χ3n) is 3.45. The Kier molecular flexibility index (Phi) is 4.80. The van der Waals surface area contributed by atoms with Gasteiger partial charge in [-0.15, -0.1) is 0 Å². The quantitative estimate of drug-likeness (QED) is 0.886. The van der Waals surface area contributed by atoms with Gasteiger partial charge in [-0.2, -0.15) is 0 Å². The van der Waals surface area contributed by atoms with E-state index in [0.717, 1.165) is 37.2 Å². The van der Waals surface area contributed by atoms with E-state index in [2.05, 4.69) is 5.32 Å². The molecule has 1 aliphatic rings. The fourth-order valence-corrected chi connectivity index (χ4v) is 2.28. The number of methoxy groups -OCH3 is 1. The molecule has 2 rings (SSSR count). The Labute approximate surface area is 114 Å². The Morgan fingerprint density at radius 2 is 2.37 bits per heavy atom. The highest BCUT2D eigenvalue weighted by Crippen LogP contribution is 2.19. The maximum Gasteiger partial charge on any atom is 0.251 e. The van der Waals surface area contributed by atoms with Gasteiger partial charge in [0.25, 0.3) is 5.91 Å². The van der Waals surface area contributed by atoms with Crippen molar-refractivity contribution in [3.8, 4) is 5.75 Å². The molecule has 1 aromatic carbocycles. The summed E-state index contributed by atoms with van der Waals surface area (Å²) in [6.45, 7) is 3.46. The third kappa shape index (κ3) is 3.70. The first-order valence-corrected chi connectivity index (χ1v) is 6.75. The van der Waals surface area contributed by atoms with Crippen molar-refractivity contribution in [3.63, 3.8) is 0 Å². The van der Waals surface area contributed by atoms with Gasteiger partial charge in [-0.05, 0) is 43.9 Å². The molecule has 1 fully saturated rings. The summed E-state index contributed by atoms with van der Waals surface area (Å²) < 4.78 is 10.7. The molecule has 0 bridgehead atoms. The molecule has 0 saturated carbocycles. The number of carbonyl (C=O) groups excluding carboxylic acids is 1. The molecule has 1 aliphatic heterocycles. The van der Waals surface area contributed by atoms with E-state index in [9.17, 15) is 4.79 Å². The number of hydrogen-bond acceptors (Lipinski definition) is 3. The summed E-state index contributed by atoms with van der Waals surface area (Å²) in [7, 11) is 1.61. The molecular formula is C15H21NO3. The van der Waals surface area contributed by atoms with E-state index in [1.807, 2.05) is 19.1 Å². The Balaban J connectivity index is 1.85. The molecule has 104 valence electrons. The number of carbonyl (C=O) groups is 1. The van der Waals surface area contributed by atoms with E-state index < -0.39 is 0 Å². The van der Waals surface area contributed by atoms with Crippen LogP contribution in [0.5, 0.6) is 5.75 Å². The number of rotatable bonds is 5. The molecule has 1 unspecified atom stereocenters. The second kappa shape index (κ2) is 6.57. The average Bonchev–Trinajstić information content (AvgIpc) is 2.92. The zero-order valence-corrected chi connectivity index (χ0v) is 11.6. The number of benzene rings is 1. The second-order valence-corrected chi connectivity index (χ2v) is 4.86. The summed E-state index contributed by atoms with van der Waals surface area (Å²) in [6, 6.07) is 5.49. The normalized spacial score (nSPS) is 18.3. The van der Waals surface area contributed by atoms with Crippen molar-refractivity contribution in [2.45, 2.75) is 32.3 Å². The van der Waals surface area contributed by atoms with Crippen LogP contribution in [-0.4, -0.2) is 32.3 Å². The highest BCUT2D eigenvalue weighted by atomic mass is 16.5. The minimum absolute atomic E-state index is 0.0590. The van der Waals surface area contributed by atoms with E-state index in [4.69, 9.17) is 9.47 Å². The molecule has 1 N–H and O–H groups in total. The highest BCUT2D eigenvalue weighted by Gasteiger charge is 2.15. The fourth-order valence-electron chi connectivity index (χ4n) is 2.28. The van der Waals surface area contributed by atoms with Gasteiger partial charge in [-0.25, -0.2) is 0 Å². The number of amides is 1. The minimum atomic E-state index is -0.0590. The summed E-state index contributed by atoms with van der Waals surface area (Å²) >= 11 is 0. The smallest absolute Gasteiger partial charge is 0.251 e. The number of aryl methyl sites for hydroxylation is 1. The van der Waals surface area contributed by atoms with E-state index >= 15 is 0 Å². The predicted molar refractivity (Wildman–Crippen MR) is 73.7 cm³/mol. The van der Waals surface area contributed by atoms with E-state index in [-0.39, 0.29) is 5.91 Å². The molecule has 4 heteroatoms. The molecule has 1 heterocycles. The van der Waals surface area contributed by atoms with Crippen LogP contribution in [0.3, 0.4) is 0 Å². The summed E-state index contributed by atoms with van der Waals surface area (Å²) in [5, 5.41) is 2.92. The molecule has 1 amide bonds. The Morgan fingerprint density at radius 3 is 3.05 bits per heavy atom. The van der Waals surface area contributed by atoms with Crippen LogP contribution in [-0.2, 0) is 4.74 Å². The second-order valence-electron chi connectivity index (χ2n) is 4.86. The molecule has 1 aromatic rings. The van der Waals surface area contributed by atoms with Crippen LogP contribution in [0.4, 0.5) is 0 Å². The van der Waals surface area contributed by atoms with Crippen LogP contribution < -0.4 is 10.1 Å². The maximum atomic E-state index is 12.0. The number of hydrogen-bond donors (Lipinski definition) is 1. The zero-order valence-electron chi connectivity index (χ0n) is 11.6. The highest BCUT2D eigenvalue weighted by molar-refractivity contribution is 5.94. The van der Waals surface area contributed by atoms with Gasteiger partial charge in [0.1, 0.15) is 5.75 Å². The average molecular weight is 263 g/mol. The molecule has 0 spiro atoms. The standard InChI is InChI=1S/C15H21NO3/c1-11-5-6-12(10-14(11)18-2)15(17)16-8-7-13-4-3-9-19-13/h5-6,10,13H,3-4,7-9H2,1-2H3,(H,16,17). The number of ether oxygens (including phenoxy) is 2. The van der Waals surface area contributed by atoms with Crippen molar-refractivity contribution < 1.29 is 14.3 Å². The van der Waals surface area contributed by atoms with Gasteiger partial charge in [-0.3, -0.25) is 4.79 Å². The van der Waals surface area contributed by atoms with E-state index in [1.54, 1.807) is 13.2 Å². The lowest BCUT2D eigenvalue weighted by atomic mass is 10.1. The van der Waals surface area contributed by atoms with Crippen LogP contribution in [0.1, 0.15) is 35.2 Å². The van der Waals surface area contributed by atoms with Gasteiger partial charge in [-0.1, -0.05) is 6.07 Å². The molecule has 0 aromatic heterocycles. The van der Waals surface area contributed by atoms with Gasteiger partial charge < -0.3 is 14.8 Å². The van der Waals surface area contributed by atoms with Gasteiger partial charge in [0.2, 0.25) is 0 Å². The predicted octanol–water partition coefficient (Wildman–Crippen LogP) is 2.30. The molecule has 1 atom stereocenters. The molecule has 4 nitrogen and oxygen atoms in total. The van der Waals surface area contributed by atoms with Crippen LogP contribution in [0.2, 0.25) is 0 Å². The van der Waals surface area contributed by atoms with E-state index in [0.29, 0.717) is 18.2 Å². The van der Waals surface area contributed by atoms with Crippen molar-refractivity contribution in [2.75, 3.05) is 20.3 Å². The summed E-state index contributed by atoms with van der Waals surface area (Å²) in [4.78, 5) is 12.0. The Bertz CT molecular complexity index is 439. The van der Waals surface area contributed by atoms with Gasteiger partial charge in [0.15, 0.2) is 0 Å². The maximum absolute atomic E-state index is 12.0. The van der Waals surface area contributed by atoms with Gasteiger partial charge >= 0.3 is 0 Å². The number of nitrogens with one attached hydrogen (secondary N) is 1. The van der Waals surface area contributed by atoms with Crippen LogP contribution >= 0.6 is 0 Å². The first-order valence-electron chi connectivity index (χ1n) is 6.75. The Morgan fingerprint density at radius 1 is 1.53 bits per heavy atom. The van der Waals surface area contributed by atoms with Crippen molar-refractivity contribution in [3.05, 3.63) is 29.3 Å². The summed E-state index contributed by atoms with van der Waals surface area (Å²) in [5.41, 5.74) is 1.66. The molecule has 0 aliphatic carbocycles. The lowest BCUT2D eigenvalue weighted by Gasteiger charge is -2.11. The minimum Gasteiger partial charge on any atom is -0.496 e. The molecule has 0 radical (unpaired) electrons. The van der Waals surface area contributed by atoms with E-state index in [1.165, 1.54) is 0 Å². The Hall–Kier alpha value is -1.55. The SMILES string of the molecule is COc1cc(C(=O)NCCC2CCCO2)ccc1C. The van der Waals surface area contributed by atoms with Gasteiger partial charge in [0, 0.05) is 18.7 Å². The first kappa shape index (κ1) is 13.9. The third-order valence-corrected chi connectivity index (χ3v) is 3.45. The van der Waals surface area contributed by atoms with Crippen molar-refractivity contribution in [2.24, 2.45) is 0 Å². The zero-order chi connectivity index (χ0) is 13.7.